The highest BCUT2D eigenvalue weighted by atomic mass is 16.5. The van der Waals surface area contributed by atoms with Crippen LogP contribution in [0.25, 0.3) is 0 Å². The van der Waals surface area contributed by atoms with E-state index in [0.29, 0.717) is 0 Å². The number of rotatable bonds is 6. The summed E-state index contributed by atoms with van der Waals surface area (Å²) in [6, 6.07) is 19.3. The highest BCUT2D eigenvalue weighted by molar-refractivity contribution is 6.23. The lowest BCUT2D eigenvalue weighted by Crippen LogP contribution is -2.48. The zero-order chi connectivity index (χ0) is 23.5. The fraction of sp³-hybridized carbons (Fsp3) is 0.154. The second-order valence-electron chi connectivity index (χ2n) is 7.76. The second kappa shape index (κ2) is 9.08. The normalized spacial score (nSPS) is 13.5. The van der Waals surface area contributed by atoms with Gasteiger partial charge in [0.25, 0.3) is 11.8 Å². The van der Waals surface area contributed by atoms with E-state index in [2.05, 4.69) is 5.32 Å². The minimum absolute atomic E-state index is 0.123. The molecule has 0 aliphatic carbocycles. The molecule has 166 valence electrons. The van der Waals surface area contributed by atoms with Gasteiger partial charge in [0, 0.05) is 6.42 Å². The van der Waals surface area contributed by atoms with Crippen molar-refractivity contribution in [2.45, 2.75) is 19.4 Å². The maximum Gasteiger partial charge on any atom is 0.339 e. The van der Waals surface area contributed by atoms with Gasteiger partial charge in [0.1, 0.15) is 6.04 Å². The number of aryl methyl sites for hydroxylation is 1. The molecule has 0 saturated carbocycles. The predicted molar refractivity (Wildman–Crippen MR) is 122 cm³/mol. The van der Waals surface area contributed by atoms with Crippen molar-refractivity contribution in [3.63, 3.8) is 0 Å². The number of nitrogens with one attached hydrogen (secondary N) is 1. The van der Waals surface area contributed by atoms with Crippen molar-refractivity contribution in [3.8, 4) is 0 Å². The zero-order valence-electron chi connectivity index (χ0n) is 18.2. The van der Waals surface area contributed by atoms with Gasteiger partial charge in [-0.2, -0.15) is 0 Å². The van der Waals surface area contributed by atoms with Crippen LogP contribution in [0, 0.1) is 6.92 Å². The summed E-state index contributed by atoms with van der Waals surface area (Å²) < 4.78 is 4.79. The fourth-order valence-corrected chi connectivity index (χ4v) is 3.84. The summed E-state index contributed by atoms with van der Waals surface area (Å²) in [5.74, 6) is -2.24. The maximum absolute atomic E-state index is 13.5. The van der Waals surface area contributed by atoms with Crippen LogP contribution in [-0.4, -0.2) is 41.7 Å². The highest BCUT2D eigenvalue weighted by Crippen LogP contribution is 2.27. The third-order valence-corrected chi connectivity index (χ3v) is 5.58. The van der Waals surface area contributed by atoms with Crippen LogP contribution in [0.5, 0.6) is 0 Å². The molecular weight excluding hydrogens is 420 g/mol. The van der Waals surface area contributed by atoms with E-state index in [4.69, 9.17) is 4.74 Å². The number of esters is 1. The molecule has 1 aliphatic heterocycles. The monoisotopic (exact) mass is 442 g/mol. The van der Waals surface area contributed by atoms with E-state index >= 15 is 0 Å². The van der Waals surface area contributed by atoms with E-state index in [1.165, 1.54) is 13.2 Å². The number of hydrogen-bond acceptors (Lipinski definition) is 5. The second-order valence-corrected chi connectivity index (χ2v) is 7.76. The molecule has 4 rings (SSSR count). The van der Waals surface area contributed by atoms with Gasteiger partial charge < -0.3 is 10.1 Å². The van der Waals surface area contributed by atoms with E-state index < -0.39 is 29.7 Å². The molecule has 0 saturated heterocycles. The zero-order valence-corrected chi connectivity index (χ0v) is 18.2. The van der Waals surface area contributed by atoms with Gasteiger partial charge in [0.2, 0.25) is 5.91 Å². The number of fused-ring (bicyclic) bond motifs is 1. The van der Waals surface area contributed by atoms with Gasteiger partial charge >= 0.3 is 5.97 Å². The van der Waals surface area contributed by atoms with Crippen molar-refractivity contribution in [1.29, 1.82) is 0 Å². The van der Waals surface area contributed by atoms with Crippen molar-refractivity contribution in [1.82, 2.24) is 4.90 Å². The summed E-state index contributed by atoms with van der Waals surface area (Å²) in [6.45, 7) is 1.95. The van der Waals surface area contributed by atoms with Crippen LogP contribution in [0.4, 0.5) is 5.69 Å². The number of nitrogens with zero attached hydrogens (tertiary/aromatic N) is 1. The van der Waals surface area contributed by atoms with Crippen LogP contribution in [0.1, 0.15) is 42.2 Å². The van der Waals surface area contributed by atoms with Crippen LogP contribution in [0.2, 0.25) is 0 Å². The van der Waals surface area contributed by atoms with E-state index in [0.717, 1.165) is 16.0 Å². The number of anilines is 1. The van der Waals surface area contributed by atoms with Gasteiger partial charge in [-0.3, -0.25) is 19.3 Å². The molecule has 1 N–H and O–H groups in total. The average molecular weight is 442 g/mol. The minimum atomic E-state index is -1.12. The molecule has 1 aliphatic rings. The number of methoxy groups -OCH3 is 1. The molecule has 3 amide bonds. The first-order valence-electron chi connectivity index (χ1n) is 10.4. The van der Waals surface area contributed by atoms with Crippen molar-refractivity contribution >= 4 is 29.4 Å². The van der Waals surface area contributed by atoms with Crippen LogP contribution in [-0.2, 0) is 16.0 Å². The number of carbonyl (C=O) groups is 4. The van der Waals surface area contributed by atoms with Crippen molar-refractivity contribution in [3.05, 3.63) is 101 Å². The number of carbonyl (C=O) groups excluding carboxylic acids is 4. The van der Waals surface area contributed by atoms with Gasteiger partial charge in [-0.05, 0) is 36.8 Å². The lowest BCUT2D eigenvalue weighted by molar-refractivity contribution is -0.119. The molecule has 7 nitrogen and oxygen atoms in total. The number of ether oxygens (including phenoxy) is 1. The van der Waals surface area contributed by atoms with Crippen molar-refractivity contribution in [2.75, 3.05) is 12.4 Å². The summed E-state index contributed by atoms with van der Waals surface area (Å²) in [5.41, 5.74) is 2.77. The van der Waals surface area contributed by atoms with Crippen LogP contribution >= 0.6 is 0 Å². The smallest absolute Gasteiger partial charge is 0.339 e. The number of imide groups is 1. The Kier molecular flexibility index (Phi) is 6.04. The summed E-state index contributed by atoms with van der Waals surface area (Å²) in [7, 11) is 1.25. The topological polar surface area (TPSA) is 92.8 Å². The number of benzene rings is 3. The van der Waals surface area contributed by atoms with Crippen LogP contribution in [0.3, 0.4) is 0 Å². The Bertz CT molecular complexity index is 1210. The quantitative estimate of drug-likeness (QED) is 0.465. The van der Waals surface area contributed by atoms with E-state index in [1.807, 2.05) is 31.2 Å². The fourth-order valence-electron chi connectivity index (χ4n) is 3.84. The molecule has 1 atom stereocenters. The first-order valence-corrected chi connectivity index (χ1v) is 10.4. The Labute approximate surface area is 191 Å². The van der Waals surface area contributed by atoms with E-state index in [1.54, 1.807) is 42.5 Å². The van der Waals surface area contributed by atoms with Crippen LogP contribution in [0.15, 0.2) is 72.8 Å². The van der Waals surface area contributed by atoms with Gasteiger partial charge in [-0.25, -0.2) is 4.79 Å². The van der Waals surface area contributed by atoms with Gasteiger partial charge in [0.05, 0.1) is 29.5 Å². The molecular formula is C26H22N2O5. The Morgan fingerprint density at radius 2 is 1.45 bits per heavy atom. The predicted octanol–water partition coefficient (Wildman–Crippen LogP) is 3.63. The molecule has 0 fully saturated rings. The first kappa shape index (κ1) is 22.0. The number of hydrogen-bond donors (Lipinski definition) is 1. The molecule has 1 heterocycles. The molecule has 0 aromatic heterocycles. The Morgan fingerprint density at radius 3 is 2.06 bits per heavy atom. The third kappa shape index (κ3) is 4.25. The van der Waals surface area contributed by atoms with Crippen LogP contribution < -0.4 is 5.32 Å². The number of amides is 3. The molecule has 7 heteroatoms. The largest absolute Gasteiger partial charge is 0.465 e. The Morgan fingerprint density at radius 1 is 0.879 bits per heavy atom. The molecule has 3 aromatic carbocycles. The summed E-state index contributed by atoms with van der Waals surface area (Å²) >= 11 is 0. The summed E-state index contributed by atoms with van der Waals surface area (Å²) in [6.07, 6.45) is 0.123. The molecule has 0 radical (unpaired) electrons. The minimum Gasteiger partial charge on any atom is -0.465 e. The lowest BCUT2D eigenvalue weighted by atomic mass is 10.0. The molecule has 33 heavy (non-hydrogen) atoms. The number of para-hydroxylation sites is 1. The SMILES string of the molecule is COC(=O)c1ccccc1NC(=O)C(Cc1ccc(C)cc1)N1C(=O)c2ccccc2C1=O. The third-order valence-electron chi connectivity index (χ3n) is 5.58. The van der Waals surface area contributed by atoms with Gasteiger partial charge in [0.15, 0.2) is 0 Å². The van der Waals surface area contributed by atoms with Gasteiger partial charge in [-0.1, -0.05) is 54.1 Å². The lowest BCUT2D eigenvalue weighted by Gasteiger charge is -2.26. The van der Waals surface area contributed by atoms with Crippen molar-refractivity contribution in [2.24, 2.45) is 0 Å². The Balaban J connectivity index is 1.70. The average Bonchev–Trinajstić information content (AvgIpc) is 3.08. The summed E-state index contributed by atoms with van der Waals surface area (Å²) in [5, 5.41) is 2.72. The summed E-state index contributed by atoms with van der Waals surface area (Å²) in [4.78, 5) is 52.8. The molecule has 3 aromatic rings. The van der Waals surface area contributed by atoms with Crippen molar-refractivity contribution < 1.29 is 23.9 Å². The maximum atomic E-state index is 13.5. The molecule has 1 unspecified atom stereocenters. The first-order chi connectivity index (χ1) is 15.9. The Hall–Kier alpha value is -4.26. The van der Waals surface area contributed by atoms with E-state index in [9.17, 15) is 19.2 Å². The highest BCUT2D eigenvalue weighted by Gasteiger charge is 2.42. The molecule has 0 spiro atoms. The molecule has 0 bridgehead atoms. The van der Waals surface area contributed by atoms with Gasteiger partial charge in [-0.15, -0.1) is 0 Å². The standard InChI is InChI=1S/C26H22N2O5/c1-16-11-13-17(14-12-16)15-22(28-24(30)18-7-3-4-8-19(18)25(28)31)23(29)27-21-10-6-5-9-20(21)26(32)33-2/h3-14,22H,15H2,1-2H3,(H,27,29). The van der Waals surface area contributed by atoms with E-state index in [-0.39, 0.29) is 28.8 Å².